The Balaban J connectivity index is 1.65. The predicted molar refractivity (Wildman–Crippen MR) is 97.5 cm³/mol. The number of benzene rings is 2. The van der Waals surface area contributed by atoms with E-state index in [9.17, 15) is 14.7 Å². The first kappa shape index (κ1) is 17.8. The zero-order valence-corrected chi connectivity index (χ0v) is 14.9. The Bertz CT molecular complexity index is 797. The monoisotopic (exact) mass is 377 g/mol. The normalized spacial score (nSPS) is 15.2. The van der Waals surface area contributed by atoms with Crippen LogP contribution in [-0.2, 0) is 0 Å². The number of hydrogen-bond donors (Lipinski definition) is 1. The number of likely N-dealkylation sites (tertiary alicyclic amines) is 1. The molecule has 4 nitrogen and oxygen atoms in total. The second kappa shape index (κ2) is 7.46. The lowest BCUT2D eigenvalue weighted by Gasteiger charge is -2.31. The number of carbonyl (C=O) groups excluding carboxylic acids is 2. The van der Waals surface area contributed by atoms with E-state index in [0.29, 0.717) is 41.5 Å². The number of halogens is 2. The molecule has 2 aromatic carbocycles. The van der Waals surface area contributed by atoms with Crippen LogP contribution in [0.15, 0.2) is 42.5 Å². The molecule has 1 N–H and O–H groups in total. The highest BCUT2D eigenvalue weighted by Gasteiger charge is 2.29. The Morgan fingerprint density at radius 1 is 1.00 bits per heavy atom. The Kier molecular flexibility index (Phi) is 5.30. The molecule has 0 atom stereocenters. The number of Topliss-reactive ketones (excluding diaryl/α,β-unsaturated/α-hetero) is 1. The molecule has 25 heavy (non-hydrogen) atoms. The zero-order valence-electron chi connectivity index (χ0n) is 13.4. The number of ketones is 1. The summed E-state index contributed by atoms with van der Waals surface area (Å²) >= 11 is 11.9. The largest absolute Gasteiger partial charge is 0.508 e. The van der Waals surface area contributed by atoms with E-state index in [1.54, 1.807) is 29.2 Å². The summed E-state index contributed by atoms with van der Waals surface area (Å²) in [7, 11) is 0. The molecule has 3 rings (SSSR count). The van der Waals surface area contributed by atoms with Gasteiger partial charge in [0.1, 0.15) is 5.75 Å². The number of nitrogens with zero attached hydrogens (tertiary/aromatic N) is 1. The number of rotatable bonds is 3. The fourth-order valence-electron chi connectivity index (χ4n) is 3.04. The van der Waals surface area contributed by atoms with Gasteiger partial charge in [-0.1, -0.05) is 23.2 Å². The highest BCUT2D eigenvalue weighted by molar-refractivity contribution is 6.33. The maximum atomic E-state index is 12.6. The van der Waals surface area contributed by atoms with Gasteiger partial charge in [0.05, 0.1) is 10.6 Å². The molecule has 0 aliphatic carbocycles. The summed E-state index contributed by atoms with van der Waals surface area (Å²) in [6, 6.07) is 11.2. The van der Waals surface area contributed by atoms with Crippen LogP contribution in [0.2, 0.25) is 10.0 Å². The Morgan fingerprint density at radius 3 is 2.28 bits per heavy atom. The van der Waals surface area contributed by atoms with Gasteiger partial charge in [-0.2, -0.15) is 0 Å². The maximum Gasteiger partial charge on any atom is 0.255 e. The van der Waals surface area contributed by atoms with Gasteiger partial charge in [0.15, 0.2) is 5.78 Å². The minimum Gasteiger partial charge on any atom is -0.508 e. The first-order valence-electron chi connectivity index (χ1n) is 8.03. The molecule has 0 aromatic heterocycles. The molecular formula is C19H17Cl2NO3. The number of aromatic hydroxyl groups is 1. The van der Waals surface area contributed by atoms with Gasteiger partial charge < -0.3 is 10.0 Å². The molecule has 6 heteroatoms. The van der Waals surface area contributed by atoms with E-state index in [4.69, 9.17) is 23.2 Å². The van der Waals surface area contributed by atoms with E-state index in [1.807, 2.05) is 0 Å². The molecule has 0 spiro atoms. The number of phenolic OH excluding ortho intramolecular Hbond substituents is 1. The number of hydrogen-bond acceptors (Lipinski definition) is 3. The molecule has 0 radical (unpaired) electrons. The molecule has 2 aromatic rings. The van der Waals surface area contributed by atoms with Crippen molar-refractivity contribution in [2.24, 2.45) is 5.92 Å². The smallest absolute Gasteiger partial charge is 0.255 e. The predicted octanol–water partition coefficient (Wildman–Crippen LogP) is 4.43. The van der Waals surface area contributed by atoms with Gasteiger partial charge in [-0.05, 0) is 55.3 Å². The molecule has 130 valence electrons. The van der Waals surface area contributed by atoms with E-state index in [0.717, 1.165) is 0 Å². The molecular weight excluding hydrogens is 361 g/mol. The minimum atomic E-state index is -0.224. The van der Waals surface area contributed by atoms with Crippen LogP contribution in [-0.4, -0.2) is 34.8 Å². The lowest BCUT2D eigenvalue weighted by atomic mass is 9.88. The second-order valence-corrected chi connectivity index (χ2v) is 6.95. The summed E-state index contributed by atoms with van der Waals surface area (Å²) in [5.41, 5.74) is 0.925. The third-order valence-corrected chi connectivity index (χ3v) is 5.04. The lowest BCUT2D eigenvalue weighted by Crippen LogP contribution is -2.40. The fourth-order valence-corrected chi connectivity index (χ4v) is 3.37. The summed E-state index contributed by atoms with van der Waals surface area (Å²) in [5, 5.41) is 10.5. The van der Waals surface area contributed by atoms with Crippen molar-refractivity contribution < 1.29 is 14.7 Å². The number of phenols is 1. The highest BCUT2D eigenvalue weighted by Crippen LogP contribution is 2.27. The van der Waals surface area contributed by atoms with Crippen molar-refractivity contribution in [2.45, 2.75) is 12.8 Å². The quantitative estimate of drug-likeness (QED) is 0.804. The summed E-state index contributed by atoms with van der Waals surface area (Å²) < 4.78 is 0. The standard InChI is InChI=1S/C19H17Cl2NO3/c20-14-3-1-12(2-4-14)18(24)13-7-9-22(10-8-13)19(25)16-11-15(23)5-6-17(16)21/h1-6,11,13,23H,7-10H2. The summed E-state index contributed by atoms with van der Waals surface area (Å²) in [6.45, 7) is 0.962. The van der Waals surface area contributed by atoms with Crippen molar-refractivity contribution in [3.63, 3.8) is 0 Å². The van der Waals surface area contributed by atoms with Crippen molar-refractivity contribution >= 4 is 34.9 Å². The molecule has 1 amide bonds. The highest BCUT2D eigenvalue weighted by atomic mass is 35.5. The molecule has 1 aliphatic heterocycles. The first-order valence-corrected chi connectivity index (χ1v) is 8.79. The number of piperidine rings is 1. The van der Waals surface area contributed by atoms with Crippen LogP contribution in [0.1, 0.15) is 33.6 Å². The first-order chi connectivity index (χ1) is 12.0. The number of amides is 1. The van der Waals surface area contributed by atoms with E-state index in [2.05, 4.69) is 0 Å². The van der Waals surface area contributed by atoms with Gasteiger partial charge in [-0.15, -0.1) is 0 Å². The average molecular weight is 378 g/mol. The molecule has 0 bridgehead atoms. The van der Waals surface area contributed by atoms with Crippen LogP contribution in [0.25, 0.3) is 0 Å². The molecule has 1 aliphatic rings. The summed E-state index contributed by atoms with van der Waals surface area (Å²) in [6.07, 6.45) is 1.20. The van der Waals surface area contributed by atoms with E-state index in [-0.39, 0.29) is 28.9 Å². The SMILES string of the molecule is O=C(c1ccc(Cl)cc1)C1CCN(C(=O)c2cc(O)ccc2Cl)CC1. The van der Waals surface area contributed by atoms with E-state index < -0.39 is 0 Å². The third kappa shape index (κ3) is 3.97. The van der Waals surface area contributed by atoms with Gasteiger partial charge in [0.2, 0.25) is 0 Å². The maximum absolute atomic E-state index is 12.6. The van der Waals surface area contributed by atoms with Crippen LogP contribution in [0.4, 0.5) is 0 Å². The third-order valence-electron chi connectivity index (χ3n) is 4.46. The Morgan fingerprint density at radius 2 is 1.64 bits per heavy atom. The van der Waals surface area contributed by atoms with Gasteiger partial charge in [-0.3, -0.25) is 9.59 Å². The van der Waals surface area contributed by atoms with Gasteiger partial charge in [0, 0.05) is 29.6 Å². The lowest BCUT2D eigenvalue weighted by molar-refractivity contribution is 0.0650. The van der Waals surface area contributed by atoms with Gasteiger partial charge in [0.25, 0.3) is 5.91 Å². The van der Waals surface area contributed by atoms with Crippen molar-refractivity contribution in [3.05, 3.63) is 63.6 Å². The van der Waals surface area contributed by atoms with Crippen molar-refractivity contribution in [3.8, 4) is 5.75 Å². The average Bonchev–Trinajstić information content (AvgIpc) is 2.63. The zero-order chi connectivity index (χ0) is 18.0. The van der Waals surface area contributed by atoms with Crippen molar-refractivity contribution in [1.29, 1.82) is 0 Å². The molecule has 0 unspecified atom stereocenters. The summed E-state index contributed by atoms with van der Waals surface area (Å²) in [5.74, 6) is -0.247. The minimum absolute atomic E-state index is 0.000511. The Labute approximate surface area is 156 Å². The molecule has 1 heterocycles. The number of carbonyl (C=O) groups is 2. The van der Waals surface area contributed by atoms with Crippen LogP contribution >= 0.6 is 23.2 Å². The van der Waals surface area contributed by atoms with Gasteiger partial charge >= 0.3 is 0 Å². The van der Waals surface area contributed by atoms with E-state index in [1.165, 1.54) is 18.2 Å². The van der Waals surface area contributed by atoms with Crippen molar-refractivity contribution in [2.75, 3.05) is 13.1 Å². The van der Waals surface area contributed by atoms with Crippen molar-refractivity contribution in [1.82, 2.24) is 4.90 Å². The molecule has 0 saturated carbocycles. The fraction of sp³-hybridized carbons (Fsp3) is 0.263. The molecule has 1 saturated heterocycles. The molecule has 1 fully saturated rings. The summed E-state index contributed by atoms with van der Waals surface area (Å²) in [4.78, 5) is 26.8. The van der Waals surface area contributed by atoms with Gasteiger partial charge in [-0.25, -0.2) is 0 Å². The van der Waals surface area contributed by atoms with Crippen LogP contribution < -0.4 is 0 Å². The van der Waals surface area contributed by atoms with Crippen LogP contribution in [0.3, 0.4) is 0 Å². The van der Waals surface area contributed by atoms with Crippen LogP contribution in [0.5, 0.6) is 5.75 Å². The topological polar surface area (TPSA) is 57.6 Å². The Hall–Kier alpha value is -2.04. The second-order valence-electron chi connectivity index (χ2n) is 6.10. The van der Waals surface area contributed by atoms with E-state index >= 15 is 0 Å². The van der Waals surface area contributed by atoms with Crippen LogP contribution in [0, 0.1) is 5.92 Å².